The molecule has 112 valence electrons. The highest BCUT2D eigenvalue weighted by Crippen LogP contribution is 2.30. The van der Waals surface area contributed by atoms with Gasteiger partial charge in [0, 0.05) is 11.2 Å². The number of hydrogen-bond donors (Lipinski definition) is 0. The Labute approximate surface area is 127 Å². The van der Waals surface area contributed by atoms with E-state index in [1.807, 2.05) is 0 Å². The van der Waals surface area contributed by atoms with Gasteiger partial charge in [0.1, 0.15) is 5.69 Å². The summed E-state index contributed by atoms with van der Waals surface area (Å²) in [6, 6.07) is 7.66. The van der Waals surface area contributed by atoms with E-state index in [9.17, 15) is 13.2 Å². The van der Waals surface area contributed by atoms with Crippen LogP contribution in [-0.2, 0) is 6.18 Å². The number of alkyl halides is 3. The van der Waals surface area contributed by atoms with E-state index in [1.165, 1.54) is 23.0 Å². The van der Waals surface area contributed by atoms with Crippen LogP contribution in [0, 0.1) is 0 Å². The number of aromatic nitrogens is 5. The lowest BCUT2D eigenvalue weighted by Crippen LogP contribution is -2.06. The topological polar surface area (TPSA) is 56.5 Å². The second kappa shape index (κ2) is 5.38. The smallest absolute Gasteiger partial charge is 0.253 e. The van der Waals surface area contributed by atoms with E-state index in [4.69, 9.17) is 11.6 Å². The summed E-state index contributed by atoms with van der Waals surface area (Å²) in [5.74, 6) is 0.280. The Morgan fingerprint density at radius 2 is 1.77 bits per heavy atom. The maximum atomic E-state index is 12.6. The lowest BCUT2D eigenvalue weighted by molar-refractivity contribution is -0.137. The highest BCUT2D eigenvalue weighted by molar-refractivity contribution is 6.30. The first-order valence-corrected chi connectivity index (χ1v) is 6.41. The van der Waals surface area contributed by atoms with Gasteiger partial charge in [0.2, 0.25) is 5.82 Å². The van der Waals surface area contributed by atoms with Crippen LogP contribution in [0.15, 0.2) is 42.6 Å². The number of halogens is 4. The molecule has 3 rings (SSSR count). The Bertz CT molecular complexity index is 798. The molecule has 0 aliphatic heterocycles. The van der Waals surface area contributed by atoms with Crippen LogP contribution in [-0.4, -0.2) is 25.2 Å². The van der Waals surface area contributed by atoms with Crippen LogP contribution in [0.25, 0.3) is 17.2 Å². The van der Waals surface area contributed by atoms with Crippen molar-refractivity contribution in [2.45, 2.75) is 6.18 Å². The first-order chi connectivity index (χ1) is 10.4. The van der Waals surface area contributed by atoms with Gasteiger partial charge in [0.25, 0.3) is 0 Å². The molecule has 0 saturated heterocycles. The minimum atomic E-state index is -4.39. The minimum Gasteiger partial charge on any atom is -0.253 e. The third-order valence-corrected chi connectivity index (χ3v) is 3.09. The molecule has 0 radical (unpaired) electrons. The van der Waals surface area contributed by atoms with Crippen molar-refractivity contribution in [1.82, 2.24) is 25.2 Å². The van der Waals surface area contributed by atoms with Gasteiger partial charge in [-0.1, -0.05) is 11.6 Å². The summed E-state index contributed by atoms with van der Waals surface area (Å²) in [6.45, 7) is 0. The molecule has 5 nitrogen and oxygen atoms in total. The summed E-state index contributed by atoms with van der Waals surface area (Å²) >= 11 is 5.89. The maximum Gasteiger partial charge on any atom is 0.416 e. The largest absolute Gasteiger partial charge is 0.416 e. The van der Waals surface area contributed by atoms with Gasteiger partial charge >= 0.3 is 6.18 Å². The Hall–Kier alpha value is -2.48. The number of benzene rings is 1. The molecule has 0 aliphatic rings. The SMILES string of the molecule is FC(F)(F)c1ccc(-n2nnnc2-c2cc(Cl)ccn2)cc1. The summed E-state index contributed by atoms with van der Waals surface area (Å²) < 4.78 is 39.0. The fraction of sp³-hybridized carbons (Fsp3) is 0.0769. The number of pyridine rings is 1. The van der Waals surface area contributed by atoms with Crippen molar-refractivity contribution in [2.75, 3.05) is 0 Å². The van der Waals surface area contributed by atoms with Crippen molar-refractivity contribution >= 4 is 11.6 Å². The molecule has 9 heteroatoms. The molecule has 1 aromatic carbocycles. The molecule has 0 unspecified atom stereocenters. The lowest BCUT2D eigenvalue weighted by atomic mass is 10.2. The van der Waals surface area contributed by atoms with Gasteiger partial charge in [-0.15, -0.1) is 5.10 Å². The first kappa shape index (κ1) is 14.5. The zero-order valence-electron chi connectivity index (χ0n) is 10.8. The second-order valence-corrected chi connectivity index (χ2v) is 4.75. The van der Waals surface area contributed by atoms with Crippen molar-refractivity contribution in [3.63, 3.8) is 0 Å². The molecule has 0 fully saturated rings. The lowest BCUT2D eigenvalue weighted by Gasteiger charge is -2.08. The molecule has 0 bridgehead atoms. The van der Waals surface area contributed by atoms with E-state index in [2.05, 4.69) is 20.5 Å². The molecule has 0 saturated carbocycles. The Balaban J connectivity index is 2.02. The quantitative estimate of drug-likeness (QED) is 0.724. The molecular weight excluding hydrogens is 319 g/mol. The normalized spacial score (nSPS) is 11.6. The van der Waals surface area contributed by atoms with Gasteiger partial charge < -0.3 is 0 Å². The minimum absolute atomic E-state index is 0.280. The molecule has 2 aromatic heterocycles. The Morgan fingerprint density at radius 3 is 2.41 bits per heavy atom. The summed E-state index contributed by atoms with van der Waals surface area (Å²) in [6.07, 6.45) is -2.90. The fourth-order valence-corrected chi connectivity index (χ4v) is 2.00. The number of nitrogens with zero attached hydrogens (tertiary/aromatic N) is 5. The average Bonchev–Trinajstić information content (AvgIpc) is 2.96. The molecule has 2 heterocycles. The van der Waals surface area contributed by atoms with Gasteiger partial charge in [0.05, 0.1) is 11.3 Å². The summed E-state index contributed by atoms with van der Waals surface area (Å²) in [7, 11) is 0. The van der Waals surface area contributed by atoms with Crippen molar-refractivity contribution in [1.29, 1.82) is 0 Å². The summed E-state index contributed by atoms with van der Waals surface area (Å²) in [4.78, 5) is 4.10. The molecule has 22 heavy (non-hydrogen) atoms. The van der Waals surface area contributed by atoms with Crippen LogP contribution in [0.2, 0.25) is 5.02 Å². The number of tetrazole rings is 1. The van der Waals surface area contributed by atoms with E-state index in [0.717, 1.165) is 12.1 Å². The zero-order chi connectivity index (χ0) is 15.7. The first-order valence-electron chi connectivity index (χ1n) is 6.03. The Kier molecular flexibility index (Phi) is 3.53. The van der Waals surface area contributed by atoms with Crippen molar-refractivity contribution in [3.05, 3.63) is 53.2 Å². The monoisotopic (exact) mass is 325 g/mol. The summed E-state index contributed by atoms with van der Waals surface area (Å²) in [5.41, 5.74) is 0.0546. The molecular formula is C13H7ClF3N5. The fourth-order valence-electron chi connectivity index (χ4n) is 1.84. The van der Waals surface area contributed by atoms with Gasteiger partial charge in [-0.2, -0.15) is 17.9 Å². The maximum absolute atomic E-state index is 12.6. The van der Waals surface area contributed by atoms with Crippen LogP contribution in [0.5, 0.6) is 0 Å². The number of hydrogen-bond acceptors (Lipinski definition) is 4. The standard InChI is InChI=1S/C13H7ClF3N5/c14-9-5-6-18-11(7-9)12-19-20-21-22(12)10-3-1-8(2-4-10)13(15,16)17/h1-7H. The van der Waals surface area contributed by atoms with Crippen LogP contribution in [0.4, 0.5) is 13.2 Å². The predicted molar refractivity (Wildman–Crippen MR) is 72.4 cm³/mol. The Morgan fingerprint density at radius 1 is 1.05 bits per heavy atom. The average molecular weight is 326 g/mol. The van der Waals surface area contributed by atoms with E-state index in [1.54, 1.807) is 12.1 Å². The third-order valence-electron chi connectivity index (χ3n) is 2.86. The van der Waals surface area contributed by atoms with Crippen molar-refractivity contribution in [2.24, 2.45) is 0 Å². The van der Waals surface area contributed by atoms with E-state index >= 15 is 0 Å². The highest BCUT2D eigenvalue weighted by atomic mass is 35.5. The predicted octanol–water partition coefficient (Wildman–Crippen LogP) is 3.40. The second-order valence-electron chi connectivity index (χ2n) is 4.32. The third kappa shape index (κ3) is 2.77. The van der Waals surface area contributed by atoms with E-state index < -0.39 is 11.7 Å². The van der Waals surface area contributed by atoms with Crippen molar-refractivity contribution < 1.29 is 13.2 Å². The van der Waals surface area contributed by atoms with Crippen LogP contribution < -0.4 is 0 Å². The zero-order valence-corrected chi connectivity index (χ0v) is 11.5. The van der Waals surface area contributed by atoms with Crippen LogP contribution >= 0.6 is 11.6 Å². The van der Waals surface area contributed by atoms with Crippen LogP contribution in [0.3, 0.4) is 0 Å². The van der Waals surface area contributed by atoms with E-state index in [-0.39, 0.29) is 5.82 Å². The molecule has 0 spiro atoms. The number of rotatable bonds is 2. The van der Waals surface area contributed by atoms with Gasteiger partial charge in [-0.25, -0.2) is 0 Å². The van der Waals surface area contributed by atoms with Gasteiger partial charge in [-0.05, 0) is 46.8 Å². The van der Waals surface area contributed by atoms with Gasteiger partial charge in [0.15, 0.2) is 0 Å². The van der Waals surface area contributed by atoms with E-state index in [0.29, 0.717) is 16.4 Å². The highest BCUT2D eigenvalue weighted by Gasteiger charge is 2.30. The van der Waals surface area contributed by atoms with Crippen LogP contribution in [0.1, 0.15) is 5.56 Å². The molecule has 0 N–H and O–H groups in total. The summed E-state index contributed by atoms with van der Waals surface area (Å²) in [5, 5.41) is 11.6. The van der Waals surface area contributed by atoms with Gasteiger partial charge in [-0.3, -0.25) is 4.98 Å². The molecule has 0 atom stereocenters. The molecule has 0 amide bonds. The molecule has 3 aromatic rings. The van der Waals surface area contributed by atoms with Crippen molar-refractivity contribution in [3.8, 4) is 17.2 Å². The molecule has 0 aliphatic carbocycles.